The Hall–Kier alpha value is -2.34. The maximum Gasteiger partial charge on any atom is 0.261 e. The molecule has 0 heterocycles. The van der Waals surface area contributed by atoms with E-state index in [9.17, 15) is 13.2 Å². The van der Waals surface area contributed by atoms with E-state index in [0.717, 1.165) is 19.3 Å². The third-order valence-electron chi connectivity index (χ3n) is 3.82. The van der Waals surface area contributed by atoms with Gasteiger partial charge in [0.2, 0.25) is 0 Å². The topological polar surface area (TPSA) is 66.5 Å². The predicted molar refractivity (Wildman–Crippen MR) is 100 cm³/mol. The molecule has 0 radical (unpaired) electrons. The van der Waals surface area contributed by atoms with E-state index in [1.54, 1.807) is 38.4 Å². The molecule has 0 aliphatic rings. The van der Waals surface area contributed by atoms with Crippen LogP contribution in [0.3, 0.4) is 0 Å². The molecule has 134 valence electrons. The van der Waals surface area contributed by atoms with E-state index in [2.05, 4.69) is 11.6 Å². The third kappa shape index (κ3) is 5.06. The number of anilines is 1. The molecule has 2 rings (SSSR count). The van der Waals surface area contributed by atoms with Gasteiger partial charge in [-0.3, -0.25) is 9.52 Å². The fraction of sp³-hybridized carbons (Fsp3) is 0.316. The summed E-state index contributed by atoms with van der Waals surface area (Å²) >= 11 is 0. The highest BCUT2D eigenvalue weighted by Crippen LogP contribution is 2.19. The highest BCUT2D eigenvalue weighted by atomic mass is 32.2. The van der Waals surface area contributed by atoms with Crippen molar-refractivity contribution in [3.8, 4) is 0 Å². The number of amides is 1. The molecule has 2 aromatic carbocycles. The number of benzene rings is 2. The van der Waals surface area contributed by atoms with Gasteiger partial charge in [-0.25, -0.2) is 8.42 Å². The molecule has 1 N–H and O–H groups in total. The summed E-state index contributed by atoms with van der Waals surface area (Å²) in [6, 6.07) is 13.4. The molecule has 0 aliphatic heterocycles. The minimum Gasteiger partial charge on any atom is -0.345 e. The van der Waals surface area contributed by atoms with Gasteiger partial charge in [-0.15, -0.1) is 0 Å². The average molecular weight is 360 g/mol. The Labute approximate surface area is 149 Å². The molecule has 0 fully saturated rings. The molecule has 6 heteroatoms. The first-order chi connectivity index (χ1) is 11.8. The standard InChI is InChI=1S/C19H24N2O3S/c1-4-5-7-15-10-12-17(13-11-15)20-25(23,24)18-9-6-8-16(14-18)19(22)21(2)3/h6,8-14,20H,4-5,7H2,1-3H3. The van der Waals surface area contributed by atoms with Crippen LogP contribution in [0.4, 0.5) is 5.69 Å². The lowest BCUT2D eigenvalue weighted by Crippen LogP contribution is -2.22. The Morgan fingerprint density at radius 1 is 1.08 bits per heavy atom. The first-order valence-corrected chi connectivity index (χ1v) is 9.75. The lowest BCUT2D eigenvalue weighted by molar-refractivity contribution is 0.0827. The number of aryl methyl sites for hydroxylation is 1. The molecule has 0 unspecified atom stereocenters. The van der Waals surface area contributed by atoms with Crippen LogP contribution in [0.25, 0.3) is 0 Å². The Bertz CT molecular complexity index is 828. The van der Waals surface area contributed by atoms with Gasteiger partial charge in [0.1, 0.15) is 0 Å². The van der Waals surface area contributed by atoms with Crippen molar-refractivity contribution in [3.63, 3.8) is 0 Å². The fourth-order valence-electron chi connectivity index (χ4n) is 2.39. The number of hydrogen-bond acceptors (Lipinski definition) is 3. The summed E-state index contributed by atoms with van der Waals surface area (Å²) in [6.07, 6.45) is 3.21. The third-order valence-corrected chi connectivity index (χ3v) is 5.20. The highest BCUT2D eigenvalue weighted by molar-refractivity contribution is 7.92. The second-order valence-electron chi connectivity index (χ2n) is 6.13. The zero-order valence-corrected chi connectivity index (χ0v) is 15.6. The molecule has 1 amide bonds. The maximum atomic E-state index is 12.6. The van der Waals surface area contributed by atoms with Gasteiger partial charge in [-0.05, 0) is 48.7 Å². The summed E-state index contributed by atoms with van der Waals surface area (Å²) in [5, 5.41) is 0. The Kier molecular flexibility index (Phi) is 6.20. The minimum absolute atomic E-state index is 0.0651. The summed E-state index contributed by atoms with van der Waals surface area (Å²) in [7, 11) is -0.492. The molecule has 2 aromatic rings. The summed E-state index contributed by atoms with van der Waals surface area (Å²) in [6.45, 7) is 2.14. The van der Waals surface area contributed by atoms with Gasteiger partial charge in [0, 0.05) is 25.3 Å². The minimum atomic E-state index is -3.75. The fourth-order valence-corrected chi connectivity index (χ4v) is 3.49. The molecule has 0 saturated heterocycles. The van der Waals surface area contributed by atoms with Gasteiger partial charge in [-0.2, -0.15) is 0 Å². The SMILES string of the molecule is CCCCc1ccc(NS(=O)(=O)c2cccc(C(=O)N(C)C)c2)cc1. The van der Waals surface area contributed by atoms with Crippen LogP contribution in [0, 0.1) is 0 Å². The van der Waals surface area contributed by atoms with Gasteiger partial charge < -0.3 is 4.90 Å². The number of nitrogens with zero attached hydrogens (tertiary/aromatic N) is 1. The van der Waals surface area contributed by atoms with Crippen LogP contribution in [0.1, 0.15) is 35.7 Å². The number of carbonyl (C=O) groups excluding carboxylic acids is 1. The van der Waals surface area contributed by atoms with E-state index < -0.39 is 10.0 Å². The molecule has 25 heavy (non-hydrogen) atoms. The van der Waals surface area contributed by atoms with Crippen molar-refractivity contribution in [1.82, 2.24) is 4.90 Å². The van der Waals surface area contributed by atoms with Crippen LogP contribution in [0.2, 0.25) is 0 Å². The average Bonchev–Trinajstić information content (AvgIpc) is 2.60. The van der Waals surface area contributed by atoms with Crippen LogP contribution in [-0.2, 0) is 16.4 Å². The number of unbranched alkanes of at least 4 members (excludes halogenated alkanes) is 1. The van der Waals surface area contributed by atoms with Crippen LogP contribution in [0.5, 0.6) is 0 Å². The molecular formula is C19H24N2O3S. The van der Waals surface area contributed by atoms with Crippen LogP contribution in [-0.4, -0.2) is 33.3 Å². The van der Waals surface area contributed by atoms with Crippen molar-refractivity contribution in [2.24, 2.45) is 0 Å². The zero-order chi connectivity index (χ0) is 18.4. The number of hydrogen-bond donors (Lipinski definition) is 1. The van der Waals surface area contributed by atoms with Crippen molar-refractivity contribution in [1.29, 1.82) is 0 Å². The van der Waals surface area contributed by atoms with Gasteiger partial charge in [-0.1, -0.05) is 31.5 Å². The molecule has 5 nitrogen and oxygen atoms in total. The van der Waals surface area contributed by atoms with Crippen LogP contribution < -0.4 is 4.72 Å². The lowest BCUT2D eigenvalue weighted by Gasteiger charge is -2.12. The number of carbonyl (C=O) groups is 1. The molecule has 0 aliphatic carbocycles. The quantitative estimate of drug-likeness (QED) is 0.821. The largest absolute Gasteiger partial charge is 0.345 e. The van der Waals surface area contributed by atoms with Crippen LogP contribution in [0.15, 0.2) is 53.4 Å². The maximum absolute atomic E-state index is 12.6. The van der Waals surface area contributed by atoms with Crippen molar-refractivity contribution >= 4 is 21.6 Å². The van der Waals surface area contributed by atoms with Crippen molar-refractivity contribution in [2.45, 2.75) is 31.1 Å². The van der Waals surface area contributed by atoms with Crippen molar-refractivity contribution in [3.05, 3.63) is 59.7 Å². The second kappa shape index (κ2) is 8.16. The summed E-state index contributed by atoms with van der Waals surface area (Å²) in [5.41, 5.74) is 2.02. The van der Waals surface area contributed by atoms with Gasteiger partial charge >= 0.3 is 0 Å². The summed E-state index contributed by atoms with van der Waals surface area (Å²) in [4.78, 5) is 13.5. The van der Waals surface area contributed by atoms with Gasteiger partial charge in [0.15, 0.2) is 0 Å². The Balaban J connectivity index is 2.19. The summed E-state index contributed by atoms with van der Waals surface area (Å²) < 4.78 is 27.7. The van der Waals surface area contributed by atoms with Crippen molar-refractivity contribution < 1.29 is 13.2 Å². The normalized spacial score (nSPS) is 11.2. The van der Waals surface area contributed by atoms with E-state index in [1.165, 1.54) is 22.6 Å². The molecule has 0 saturated carbocycles. The van der Waals surface area contributed by atoms with E-state index in [-0.39, 0.29) is 10.8 Å². The predicted octanol–water partition coefficient (Wildman–Crippen LogP) is 3.53. The van der Waals surface area contributed by atoms with E-state index >= 15 is 0 Å². The molecule has 0 spiro atoms. The Morgan fingerprint density at radius 2 is 1.76 bits per heavy atom. The first-order valence-electron chi connectivity index (χ1n) is 8.27. The van der Waals surface area contributed by atoms with E-state index in [0.29, 0.717) is 11.3 Å². The summed E-state index contributed by atoms with van der Waals surface area (Å²) in [5.74, 6) is -0.239. The van der Waals surface area contributed by atoms with E-state index in [4.69, 9.17) is 0 Å². The highest BCUT2D eigenvalue weighted by Gasteiger charge is 2.17. The molecule has 0 atom stereocenters. The van der Waals surface area contributed by atoms with Crippen molar-refractivity contribution in [2.75, 3.05) is 18.8 Å². The second-order valence-corrected chi connectivity index (χ2v) is 7.82. The number of rotatable bonds is 7. The first kappa shape index (κ1) is 19.0. The van der Waals surface area contributed by atoms with Crippen LogP contribution >= 0.6 is 0 Å². The lowest BCUT2D eigenvalue weighted by atomic mass is 10.1. The van der Waals surface area contributed by atoms with Gasteiger partial charge in [0.05, 0.1) is 4.90 Å². The Morgan fingerprint density at radius 3 is 2.36 bits per heavy atom. The molecule has 0 bridgehead atoms. The molecular weight excluding hydrogens is 336 g/mol. The smallest absolute Gasteiger partial charge is 0.261 e. The monoisotopic (exact) mass is 360 g/mol. The molecule has 0 aromatic heterocycles. The zero-order valence-electron chi connectivity index (χ0n) is 14.8. The number of nitrogens with one attached hydrogen (secondary N) is 1. The van der Waals surface area contributed by atoms with E-state index in [1.807, 2.05) is 12.1 Å². The number of sulfonamides is 1. The van der Waals surface area contributed by atoms with Gasteiger partial charge in [0.25, 0.3) is 15.9 Å².